The summed E-state index contributed by atoms with van der Waals surface area (Å²) in [6, 6.07) is 7.77. The molecule has 0 radical (unpaired) electrons. The predicted octanol–water partition coefficient (Wildman–Crippen LogP) is 1.59. The molecule has 0 saturated carbocycles. The molecule has 1 saturated heterocycles. The zero-order chi connectivity index (χ0) is 14.5. The van der Waals surface area contributed by atoms with Crippen LogP contribution in [0, 0.1) is 5.92 Å². The molecule has 0 spiro atoms. The van der Waals surface area contributed by atoms with Crippen LogP contribution in [0.1, 0.15) is 18.9 Å². The van der Waals surface area contributed by atoms with Gasteiger partial charge >= 0.3 is 5.97 Å². The van der Waals surface area contributed by atoms with Gasteiger partial charge in [0, 0.05) is 12.2 Å². The van der Waals surface area contributed by atoms with E-state index in [0.29, 0.717) is 19.5 Å². The first-order chi connectivity index (χ1) is 9.58. The Morgan fingerprint density at radius 3 is 2.90 bits per heavy atom. The summed E-state index contributed by atoms with van der Waals surface area (Å²) in [6.07, 6.45) is 1.55. The predicted molar refractivity (Wildman–Crippen MR) is 76.6 cm³/mol. The molecule has 5 nitrogen and oxygen atoms in total. The monoisotopic (exact) mass is 276 g/mol. The smallest absolute Gasteiger partial charge is 0.307 e. The minimum absolute atomic E-state index is 0.0932. The maximum Gasteiger partial charge on any atom is 0.307 e. The van der Waals surface area contributed by atoms with Crippen molar-refractivity contribution in [1.29, 1.82) is 0 Å². The Kier molecular flexibility index (Phi) is 4.74. The fourth-order valence-electron chi connectivity index (χ4n) is 2.45. The van der Waals surface area contributed by atoms with E-state index in [1.807, 2.05) is 29.2 Å². The van der Waals surface area contributed by atoms with Gasteiger partial charge in [0.25, 0.3) is 0 Å². The summed E-state index contributed by atoms with van der Waals surface area (Å²) in [5.74, 6) is -1.21. The van der Waals surface area contributed by atoms with Gasteiger partial charge in [-0.25, -0.2) is 0 Å². The van der Waals surface area contributed by atoms with Gasteiger partial charge in [0.05, 0.1) is 12.5 Å². The number of nitrogens with zero attached hydrogens (tertiary/aromatic N) is 1. The van der Waals surface area contributed by atoms with Crippen molar-refractivity contribution in [3.05, 3.63) is 29.8 Å². The zero-order valence-electron chi connectivity index (χ0n) is 11.6. The van der Waals surface area contributed by atoms with E-state index in [9.17, 15) is 9.59 Å². The maximum atomic E-state index is 11.9. The lowest BCUT2D eigenvalue weighted by molar-refractivity contribution is -0.141. The normalized spacial score (nSPS) is 18.9. The van der Waals surface area contributed by atoms with Gasteiger partial charge < -0.3 is 10.4 Å². The lowest BCUT2D eigenvalue weighted by Gasteiger charge is -2.15. The Balaban J connectivity index is 1.85. The fourth-order valence-corrected chi connectivity index (χ4v) is 2.45. The van der Waals surface area contributed by atoms with E-state index in [1.165, 1.54) is 5.56 Å². The molecule has 1 amide bonds. The Hall–Kier alpha value is -1.88. The number of anilines is 1. The number of hydrogen-bond acceptors (Lipinski definition) is 3. The fraction of sp³-hybridized carbons (Fsp3) is 0.467. The van der Waals surface area contributed by atoms with Crippen LogP contribution < -0.4 is 5.32 Å². The van der Waals surface area contributed by atoms with Crippen molar-refractivity contribution >= 4 is 17.6 Å². The summed E-state index contributed by atoms with van der Waals surface area (Å²) >= 11 is 0. The average molecular weight is 276 g/mol. The van der Waals surface area contributed by atoms with Crippen LogP contribution in [0.4, 0.5) is 5.69 Å². The van der Waals surface area contributed by atoms with Crippen LogP contribution in [0.3, 0.4) is 0 Å². The van der Waals surface area contributed by atoms with E-state index < -0.39 is 5.97 Å². The number of carbonyl (C=O) groups is 2. The van der Waals surface area contributed by atoms with Gasteiger partial charge in [-0.2, -0.15) is 0 Å². The third kappa shape index (κ3) is 3.81. The second-order valence-electron chi connectivity index (χ2n) is 5.16. The number of hydrogen-bond donors (Lipinski definition) is 2. The third-order valence-corrected chi connectivity index (χ3v) is 3.61. The number of benzene rings is 1. The minimum Gasteiger partial charge on any atom is -0.481 e. The molecule has 1 unspecified atom stereocenters. The average Bonchev–Trinajstić information content (AvgIpc) is 2.87. The van der Waals surface area contributed by atoms with Gasteiger partial charge in [0.15, 0.2) is 0 Å². The van der Waals surface area contributed by atoms with E-state index in [1.54, 1.807) is 0 Å². The molecule has 1 heterocycles. The molecule has 1 aliphatic rings. The first kappa shape index (κ1) is 14.5. The molecule has 1 atom stereocenters. The van der Waals surface area contributed by atoms with Gasteiger partial charge in [-0.15, -0.1) is 0 Å². The molecule has 0 aromatic heterocycles. The van der Waals surface area contributed by atoms with Crippen molar-refractivity contribution in [2.45, 2.75) is 19.8 Å². The molecular formula is C15H20N2O3. The highest BCUT2D eigenvalue weighted by Gasteiger charge is 2.28. The molecule has 0 bridgehead atoms. The highest BCUT2D eigenvalue weighted by molar-refractivity contribution is 5.92. The molecule has 20 heavy (non-hydrogen) atoms. The quantitative estimate of drug-likeness (QED) is 0.857. The number of carboxylic acids is 1. The lowest BCUT2D eigenvalue weighted by Crippen LogP contribution is -2.32. The third-order valence-electron chi connectivity index (χ3n) is 3.61. The number of amides is 1. The molecule has 2 rings (SSSR count). The second-order valence-corrected chi connectivity index (χ2v) is 5.16. The van der Waals surface area contributed by atoms with Gasteiger partial charge in [-0.1, -0.05) is 19.1 Å². The molecular weight excluding hydrogens is 256 g/mol. The second kappa shape index (κ2) is 6.52. The summed E-state index contributed by atoms with van der Waals surface area (Å²) < 4.78 is 0. The maximum absolute atomic E-state index is 11.9. The van der Waals surface area contributed by atoms with Crippen LogP contribution in [0.25, 0.3) is 0 Å². The Labute approximate surface area is 118 Å². The summed E-state index contributed by atoms with van der Waals surface area (Å²) in [6.45, 7) is 3.44. The molecule has 1 fully saturated rings. The van der Waals surface area contributed by atoms with Crippen molar-refractivity contribution in [2.24, 2.45) is 5.92 Å². The van der Waals surface area contributed by atoms with Crippen LogP contribution in [0.15, 0.2) is 24.3 Å². The first-order valence-electron chi connectivity index (χ1n) is 6.92. The van der Waals surface area contributed by atoms with Crippen LogP contribution in [0.5, 0.6) is 0 Å². The number of carbonyl (C=O) groups excluding carboxylic acids is 1. The summed E-state index contributed by atoms with van der Waals surface area (Å²) in [5, 5.41) is 11.8. The summed E-state index contributed by atoms with van der Waals surface area (Å²) in [4.78, 5) is 24.7. The van der Waals surface area contributed by atoms with Crippen LogP contribution in [-0.4, -0.2) is 41.5 Å². The van der Waals surface area contributed by atoms with E-state index in [0.717, 1.165) is 12.1 Å². The highest BCUT2D eigenvalue weighted by atomic mass is 16.4. The molecule has 1 aromatic rings. The van der Waals surface area contributed by atoms with Crippen molar-refractivity contribution < 1.29 is 14.7 Å². The van der Waals surface area contributed by atoms with E-state index in [-0.39, 0.29) is 18.4 Å². The first-order valence-corrected chi connectivity index (χ1v) is 6.92. The van der Waals surface area contributed by atoms with Crippen molar-refractivity contribution in [3.63, 3.8) is 0 Å². The van der Waals surface area contributed by atoms with Crippen LogP contribution in [0.2, 0.25) is 0 Å². The number of aryl methyl sites for hydroxylation is 1. The lowest BCUT2D eigenvalue weighted by atomic mass is 10.1. The number of carboxylic acid groups (broad SMARTS) is 1. The Bertz CT molecular complexity index is 502. The molecule has 5 heteroatoms. The zero-order valence-corrected chi connectivity index (χ0v) is 11.6. The van der Waals surface area contributed by atoms with E-state index >= 15 is 0 Å². The van der Waals surface area contributed by atoms with Crippen LogP contribution >= 0.6 is 0 Å². The van der Waals surface area contributed by atoms with Gasteiger partial charge in [0.2, 0.25) is 5.91 Å². The van der Waals surface area contributed by atoms with Crippen molar-refractivity contribution in [2.75, 3.05) is 25.0 Å². The standard InChI is InChI=1S/C15H20N2O3/c1-2-11-4-3-5-13(8-11)16-14(18)10-17-7-6-12(9-17)15(19)20/h3-5,8,12H,2,6-7,9-10H2,1H3,(H,16,18)(H,19,20). The van der Waals surface area contributed by atoms with Crippen molar-refractivity contribution in [1.82, 2.24) is 4.90 Å². The summed E-state index contributed by atoms with van der Waals surface area (Å²) in [5.41, 5.74) is 1.97. The number of aliphatic carboxylic acids is 1. The number of likely N-dealkylation sites (tertiary alicyclic amines) is 1. The molecule has 1 aromatic carbocycles. The SMILES string of the molecule is CCc1cccc(NC(=O)CN2CCC(C(=O)O)C2)c1. The highest BCUT2D eigenvalue weighted by Crippen LogP contribution is 2.16. The van der Waals surface area contributed by atoms with Gasteiger partial charge in [-0.05, 0) is 37.1 Å². The summed E-state index contributed by atoms with van der Waals surface area (Å²) in [7, 11) is 0. The molecule has 2 N–H and O–H groups in total. The number of nitrogens with one attached hydrogen (secondary N) is 1. The molecule has 1 aliphatic heterocycles. The minimum atomic E-state index is -0.774. The largest absolute Gasteiger partial charge is 0.481 e. The number of rotatable bonds is 5. The van der Waals surface area contributed by atoms with Crippen molar-refractivity contribution in [3.8, 4) is 0 Å². The Morgan fingerprint density at radius 2 is 2.25 bits per heavy atom. The molecule has 0 aliphatic carbocycles. The van der Waals surface area contributed by atoms with Gasteiger partial charge in [-0.3, -0.25) is 14.5 Å². The van der Waals surface area contributed by atoms with E-state index in [2.05, 4.69) is 12.2 Å². The van der Waals surface area contributed by atoms with E-state index in [4.69, 9.17) is 5.11 Å². The van der Waals surface area contributed by atoms with Gasteiger partial charge in [0.1, 0.15) is 0 Å². The molecule has 108 valence electrons. The Morgan fingerprint density at radius 1 is 1.45 bits per heavy atom. The van der Waals surface area contributed by atoms with Crippen LogP contribution in [-0.2, 0) is 16.0 Å². The topological polar surface area (TPSA) is 69.6 Å².